The second kappa shape index (κ2) is 30.6. The first kappa shape index (κ1) is 43.0. The third kappa shape index (κ3) is 29.7. The molecule has 0 aromatic heterocycles. The van der Waals surface area contributed by atoms with Crippen molar-refractivity contribution < 1.29 is 47.8 Å². The van der Waals surface area contributed by atoms with Crippen LogP contribution in [0, 0.1) is 0 Å². The summed E-state index contributed by atoms with van der Waals surface area (Å²) in [7, 11) is -4.57. The summed E-state index contributed by atoms with van der Waals surface area (Å²) >= 11 is 0. The maximum absolute atomic E-state index is 12.3. The highest BCUT2D eigenvalue weighted by Crippen LogP contribution is 2.43. The molecule has 0 rings (SSSR count). The Hall–Kier alpha value is -1.03. The van der Waals surface area contributed by atoms with Crippen LogP contribution in [-0.4, -0.2) is 65.7 Å². The number of hydrogen-bond acceptors (Lipinski definition) is 9. The average molecular weight is 653 g/mol. The van der Waals surface area contributed by atoms with Crippen molar-refractivity contribution in [1.29, 1.82) is 0 Å². The van der Waals surface area contributed by atoms with E-state index >= 15 is 0 Å². The SMILES string of the molecule is CCCCCCCCCCCCCCCCCCCCCCCC(=O)OC(COC(=O)CC)COP(=O)(O)OCC(O)CO. The normalized spacial score (nSPS) is 14.2. The van der Waals surface area contributed by atoms with Gasteiger partial charge in [0.15, 0.2) is 6.10 Å². The van der Waals surface area contributed by atoms with E-state index in [-0.39, 0.29) is 19.4 Å². The third-order valence-corrected chi connectivity index (χ3v) is 8.52. The molecule has 44 heavy (non-hydrogen) atoms. The molecule has 11 heteroatoms. The number of phosphoric acid groups is 1. The number of hydrogen-bond donors (Lipinski definition) is 3. The molecule has 0 radical (unpaired) electrons. The first-order chi connectivity index (χ1) is 21.2. The molecule has 0 aliphatic rings. The van der Waals surface area contributed by atoms with Crippen molar-refractivity contribution in [3.63, 3.8) is 0 Å². The van der Waals surface area contributed by atoms with Crippen LogP contribution in [0.5, 0.6) is 0 Å². The Morgan fingerprint density at radius 2 is 1.02 bits per heavy atom. The highest BCUT2D eigenvalue weighted by atomic mass is 31.2. The van der Waals surface area contributed by atoms with Crippen LogP contribution < -0.4 is 0 Å². The second-order valence-corrected chi connectivity index (χ2v) is 13.3. The van der Waals surface area contributed by atoms with E-state index in [2.05, 4.69) is 11.4 Å². The number of phosphoric ester groups is 1. The first-order valence-corrected chi connectivity index (χ1v) is 19.0. The number of ether oxygens (including phenoxy) is 2. The van der Waals surface area contributed by atoms with Gasteiger partial charge in [-0.2, -0.15) is 0 Å². The lowest BCUT2D eigenvalue weighted by Gasteiger charge is -2.20. The number of unbranched alkanes of at least 4 members (excludes halogenated alkanes) is 20. The number of esters is 2. The predicted molar refractivity (Wildman–Crippen MR) is 173 cm³/mol. The number of aliphatic hydroxyl groups excluding tert-OH is 2. The molecule has 0 bridgehead atoms. The first-order valence-electron chi connectivity index (χ1n) is 17.5. The smallest absolute Gasteiger partial charge is 0.462 e. The van der Waals surface area contributed by atoms with Crippen LogP contribution in [0.3, 0.4) is 0 Å². The van der Waals surface area contributed by atoms with Gasteiger partial charge in [-0.3, -0.25) is 18.6 Å². The summed E-state index contributed by atoms with van der Waals surface area (Å²) in [4.78, 5) is 33.5. The van der Waals surface area contributed by atoms with Crippen molar-refractivity contribution >= 4 is 19.8 Å². The molecule has 0 aliphatic heterocycles. The summed E-state index contributed by atoms with van der Waals surface area (Å²) in [6, 6.07) is 0. The van der Waals surface area contributed by atoms with Crippen LogP contribution in [0.2, 0.25) is 0 Å². The van der Waals surface area contributed by atoms with Gasteiger partial charge >= 0.3 is 19.8 Å². The lowest BCUT2D eigenvalue weighted by Crippen LogP contribution is -2.29. The summed E-state index contributed by atoms with van der Waals surface area (Å²) in [5.41, 5.74) is 0. The fourth-order valence-electron chi connectivity index (χ4n) is 4.80. The maximum Gasteiger partial charge on any atom is 0.472 e. The summed E-state index contributed by atoms with van der Waals surface area (Å²) in [5, 5.41) is 18.0. The maximum atomic E-state index is 12.3. The molecular weight excluding hydrogens is 587 g/mol. The monoisotopic (exact) mass is 652 g/mol. The predicted octanol–water partition coefficient (Wildman–Crippen LogP) is 7.94. The Labute approximate surface area is 267 Å². The molecule has 262 valence electrons. The fraction of sp³-hybridized carbons (Fsp3) is 0.939. The van der Waals surface area contributed by atoms with E-state index in [4.69, 9.17) is 19.1 Å². The summed E-state index contributed by atoms with van der Waals surface area (Å²) in [6.45, 7) is 1.77. The molecular formula is C33H65O10P. The van der Waals surface area contributed by atoms with E-state index in [1.165, 1.54) is 109 Å². The van der Waals surface area contributed by atoms with E-state index in [1.54, 1.807) is 6.92 Å². The van der Waals surface area contributed by atoms with Gasteiger partial charge in [0.2, 0.25) is 0 Å². The molecule has 3 N–H and O–H groups in total. The molecule has 0 fully saturated rings. The van der Waals surface area contributed by atoms with Crippen molar-refractivity contribution in [3.8, 4) is 0 Å². The van der Waals surface area contributed by atoms with Gasteiger partial charge in [0.1, 0.15) is 12.7 Å². The number of aliphatic hydroxyl groups is 2. The lowest BCUT2D eigenvalue weighted by atomic mass is 10.0. The largest absolute Gasteiger partial charge is 0.472 e. The van der Waals surface area contributed by atoms with Gasteiger partial charge in [0.05, 0.1) is 19.8 Å². The Kier molecular flexibility index (Phi) is 29.9. The van der Waals surface area contributed by atoms with Crippen LogP contribution in [0.4, 0.5) is 0 Å². The van der Waals surface area contributed by atoms with Gasteiger partial charge in [-0.1, -0.05) is 142 Å². The van der Waals surface area contributed by atoms with Crippen LogP contribution in [0.15, 0.2) is 0 Å². The van der Waals surface area contributed by atoms with E-state index in [9.17, 15) is 24.2 Å². The molecule has 3 atom stereocenters. The van der Waals surface area contributed by atoms with Crippen LogP contribution in [-0.2, 0) is 32.7 Å². The average Bonchev–Trinajstić information content (AvgIpc) is 3.01. The van der Waals surface area contributed by atoms with E-state index < -0.39 is 51.8 Å². The zero-order valence-electron chi connectivity index (χ0n) is 27.9. The van der Waals surface area contributed by atoms with E-state index in [0.717, 1.165) is 19.3 Å². The van der Waals surface area contributed by atoms with Crippen molar-refractivity contribution in [3.05, 3.63) is 0 Å². The van der Waals surface area contributed by atoms with Crippen molar-refractivity contribution in [1.82, 2.24) is 0 Å². The molecule has 0 saturated carbocycles. The molecule has 10 nitrogen and oxygen atoms in total. The minimum Gasteiger partial charge on any atom is -0.462 e. The Balaban J connectivity index is 3.81. The molecule has 0 amide bonds. The lowest BCUT2D eigenvalue weighted by molar-refractivity contribution is -0.161. The highest BCUT2D eigenvalue weighted by Gasteiger charge is 2.27. The van der Waals surface area contributed by atoms with Crippen LogP contribution >= 0.6 is 7.82 Å². The summed E-state index contributed by atoms with van der Waals surface area (Å²) < 4.78 is 31.7. The van der Waals surface area contributed by atoms with Crippen molar-refractivity contribution in [2.75, 3.05) is 26.4 Å². The van der Waals surface area contributed by atoms with Crippen LogP contribution in [0.1, 0.15) is 162 Å². The van der Waals surface area contributed by atoms with E-state index in [0.29, 0.717) is 6.42 Å². The topological polar surface area (TPSA) is 149 Å². The highest BCUT2D eigenvalue weighted by molar-refractivity contribution is 7.47. The van der Waals surface area contributed by atoms with Gasteiger partial charge < -0.3 is 24.6 Å². The molecule has 0 aliphatic carbocycles. The minimum atomic E-state index is -4.57. The molecule has 0 spiro atoms. The number of carbonyl (C=O) groups is 2. The Morgan fingerprint density at radius 3 is 1.43 bits per heavy atom. The zero-order chi connectivity index (χ0) is 32.7. The molecule has 0 aromatic rings. The molecule has 0 saturated heterocycles. The zero-order valence-corrected chi connectivity index (χ0v) is 28.8. The van der Waals surface area contributed by atoms with E-state index in [1.807, 2.05) is 0 Å². The molecule has 0 heterocycles. The second-order valence-electron chi connectivity index (χ2n) is 11.9. The minimum absolute atomic E-state index is 0.127. The Bertz CT molecular complexity index is 721. The molecule has 3 unspecified atom stereocenters. The van der Waals surface area contributed by atoms with Gasteiger partial charge in [0.25, 0.3) is 0 Å². The number of carbonyl (C=O) groups excluding carboxylic acids is 2. The quantitative estimate of drug-likeness (QED) is 0.0362. The summed E-state index contributed by atoms with van der Waals surface area (Å²) in [5.74, 6) is -1.02. The molecule has 0 aromatic carbocycles. The van der Waals surface area contributed by atoms with Gasteiger partial charge in [-0.25, -0.2) is 4.57 Å². The van der Waals surface area contributed by atoms with Gasteiger partial charge in [-0.15, -0.1) is 0 Å². The standard InChI is InChI=1S/C33H65O10P/c1-3-5-6-7-8-9-10-11-12-13-14-15-16-17-18-19-20-21-22-23-24-25-33(37)43-31(28-40-32(36)4-2)29-42-44(38,39)41-27-30(35)26-34/h30-31,34-35H,3-29H2,1-2H3,(H,38,39). The fourth-order valence-corrected chi connectivity index (χ4v) is 5.59. The Morgan fingerprint density at radius 1 is 0.614 bits per heavy atom. The van der Waals surface area contributed by atoms with Crippen LogP contribution in [0.25, 0.3) is 0 Å². The third-order valence-electron chi connectivity index (χ3n) is 7.57. The van der Waals surface area contributed by atoms with Crippen molar-refractivity contribution in [2.24, 2.45) is 0 Å². The summed E-state index contributed by atoms with van der Waals surface area (Å²) in [6.07, 6.45) is 24.9. The van der Waals surface area contributed by atoms with Gasteiger partial charge in [0, 0.05) is 12.8 Å². The number of rotatable bonds is 33. The van der Waals surface area contributed by atoms with Crippen molar-refractivity contribution in [2.45, 2.75) is 174 Å². The van der Waals surface area contributed by atoms with Gasteiger partial charge in [-0.05, 0) is 6.42 Å².